The summed E-state index contributed by atoms with van der Waals surface area (Å²) in [4.78, 5) is 13.1. The highest BCUT2D eigenvalue weighted by molar-refractivity contribution is 7.98. The van der Waals surface area contributed by atoms with Crippen LogP contribution in [0.5, 0.6) is 0 Å². The standard InChI is InChI=1S/C17H11Cl2N5S/c18-12-4-3-5-13(19)11(12)10-25-17-22-16-21-9-7-15(24(16)23-17)14-6-1-2-8-20-14/h1-9H,10H2. The third-order valence-electron chi connectivity index (χ3n) is 3.56. The maximum Gasteiger partial charge on any atom is 0.253 e. The Bertz CT molecular complexity index is 1020. The van der Waals surface area contributed by atoms with E-state index in [2.05, 4.69) is 20.1 Å². The van der Waals surface area contributed by atoms with Crippen LogP contribution in [0.2, 0.25) is 10.0 Å². The molecule has 8 heteroatoms. The van der Waals surface area contributed by atoms with Gasteiger partial charge in [-0.1, -0.05) is 47.1 Å². The summed E-state index contributed by atoms with van der Waals surface area (Å²) in [5.41, 5.74) is 2.51. The van der Waals surface area contributed by atoms with Crippen molar-refractivity contribution in [3.8, 4) is 11.4 Å². The number of pyridine rings is 1. The van der Waals surface area contributed by atoms with Gasteiger partial charge >= 0.3 is 0 Å². The maximum absolute atomic E-state index is 6.22. The average Bonchev–Trinajstić information content (AvgIpc) is 3.05. The molecule has 0 unspecified atom stereocenters. The number of benzene rings is 1. The second kappa shape index (κ2) is 7.00. The lowest BCUT2D eigenvalue weighted by atomic mass is 10.2. The van der Waals surface area contributed by atoms with Gasteiger partial charge in [0.2, 0.25) is 5.16 Å². The van der Waals surface area contributed by atoms with Gasteiger partial charge < -0.3 is 0 Å². The molecule has 1 aromatic carbocycles. The van der Waals surface area contributed by atoms with Crippen molar-refractivity contribution in [2.75, 3.05) is 0 Å². The van der Waals surface area contributed by atoms with Crippen LogP contribution < -0.4 is 0 Å². The fourth-order valence-corrected chi connectivity index (χ4v) is 3.91. The molecule has 0 bridgehead atoms. The summed E-state index contributed by atoms with van der Waals surface area (Å²) in [5, 5.41) is 6.42. The predicted molar refractivity (Wildman–Crippen MR) is 100 cm³/mol. The third kappa shape index (κ3) is 3.33. The molecule has 0 aliphatic heterocycles. The summed E-state index contributed by atoms with van der Waals surface area (Å²) in [6, 6.07) is 13.1. The monoisotopic (exact) mass is 387 g/mol. The van der Waals surface area contributed by atoms with Crippen LogP contribution in [0.1, 0.15) is 5.56 Å². The minimum atomic E-state index is 0.524. The summed E-state index contributed by atoms with van der Waals surface area (Å²) in [6.07, 6.45) is 3.45. The number of hydrogen-bond acceptors (Lipinski definition) is 5. The van der Waals surface area contributed by atoms with E-state index in [1.54, 1.807) is 16.9 Å². The van der Waals surface area contributed by atoms with E-state index in [9.17, 15) is 0 Å². The third-order valence-corrected chi connectivity index (χ3v) is 5.13. The Morgan fingerprint density at radius 1 is 0.920 bits per heavy atom. The highest BCUT2D eigenvalue weighted by atomic mass is 35.5. The molecule has 0 atom stereocenters. The minimum absolute atomic E-state index is 0.524. The normalized spacial score (nSPS) is 11.1. The molecule has 0 fully saturated rings. The fraction of sp³-hybridized carbons (Fsp3) is 0.0588. The van der Waals surface area contributed by atoms with Gasteiger partial charge in [0.1, 0.15) is 0 Å². The van der Waals surface area contributed by atoms with E-state index < -0.39 is 0 Å². The van der Waals surface area contributed by atoms with E-state index in [1.165, 1.54) is 11.8 Å². The molecule has 3 heterocycles. The van der Waals surface area contributed by atoms with E-state index >= 15 is 0 Å². The van der Waals surface area contributed by atoms with Crippen LogP contribution in [0.4, 0.5) is 0 Å². The van der Waals surface area contributed by atoms with Gasteiger partial charge in [0, 0.05) is 28.2 Å². The molecule has 0 amide bonds. The molecule has 25 heavy (non-hydrogen) atoms. The van der Waals surface area contributed by atoms with Gasteiger partial charge in [0.05, 0.1) is 11.4 Å². The second-order valence-electron chi connectivity index (χ2n) is 5.14. The van der Waals surface area contributed by atoms with Crippen molar-refractivity contribution in [1.29, 1.82) is 0 Å². The number of aromatic nitrogens is 5. The van der Waals surface area contributed by atoms with Crippen molar-refractivity contribution >= 4 is 40.7 Å². The molecule has 0 N–H and O–H groups in total. The number of fused-ring (bicyclic) bond motifs is 1. The van der Waals surface area contributed by atoms with E-state index in [-0.39, 0.29) is 0 Å². The second-order valence-corrected chi connectivity index (χ2v) is 6.90. The zero-order chi connectivity index (χ0) is 17.2. The minimum Gasteiger partial charge on any atom is -0.255 e. The van der Waals surface area contributed by atoms with Crippen LogP contribution in [0, 0.1) is 0 Å². The molecule has 4 rings (SSSR count). The smallest absolute Gasteiger partial charge is 0.253 e. The molecule has 0 aliphatic carbocycles. The summed E-state index contributed by atoms with van der Waals surface area (Å²) in [6.45, 7) is 0. The van der Waals surface area contributed by atoms with Crippen molar-refractivity contribution in [1.82, 2.24) is 24.6 Å². The van der Waals surface area contributed by atoms with E-state index in [0.29, 0.717) is 26.7 Å². The van der Waals surface area contributed by atoms with E-state index in [4.69, 9.17) is 23.2 Å². The maximum atomic E-state index is 6.22. The van der Waals surface area contributed by atoms with Gasteiger partial charge in [-0.15, -0.1) is 5.10 Å². The number of hydrogen-bond donors (Lipinski definition) is 0. The highest BCUT2D eigenvalue weighted by Gasteiger charge is 2.12. The van der Waals surface area contributed by atoms with Crippen LogP contribution in [0.15, 0.2) is 60.0 Å². The molecular weight excluding hydrogens is 377 g/mol. The predicted octanol–water partition coefficient (Wildman–Crippen LogP) is 4.79. The lowest BCUT2D eigenvalue weighted by Crippen LogP contribution is -1.97. The van der Waals surface area contributed by atoms with Crippen LogP contribution in [-0.4, -0.2) is 24.6 Å². The molecule has 124 valence electrons. The first-order chi connectivity index (χ1) is 12.2. The Balaban J connectivity index is 1.66. The molecule has 0 spiro atoms. The lowest BCUT2D eigenvalue weighted by Gasteiger charge is -2.04. The van der Waals surface area contributed by atoms with Gasteiger partial charge in [-0.2, -0.15) is 9.50 Å². The SMILES string of the molecule is Clc1cccc(Cl)c1CSc1nc2nccc(-c3ccccn3)n2n1. The molecule has 3 aromatic heterocycles. The number of halogens is 2. The number of rotatable bonds is 4. The average molecular weight is 388 g/mol. The Morgan fingerprint density at radius 2 is 1.76 bits per heavy atom. The topological polar surface area (TPSA) is 56.0 Å². The molecule has 0 radical (unpaired) electrons. The largest absolute Gasteiger partial charge is 0.255 e. The zero-order valence-electron chi connectivity index (χ0n) is 12.8. The van der Waals surface area contributed by atoms with Gasteiger partial charge in [-0.25, -0.2) is 4.98 Å². The van der Waals surface area contributed by atoms with Crippen molar-refractivity contribution < 1.29 is 0 Å². The number of thioether (sulfide) groups is 1. The quantitative estimate of drug-likeness (QED) is 0.471. The lowest BCUT2D eigenvalue weighted by molar-refractivity contribution is 0.882. The van der Waals surface area contributed by atoms with Crippen LogP contribution >= 0.6 is 35.0 Å². The van der Waals surface area contributed by atoms with Crippen molar-refractivity contribution in [2.45, 2.75) is 10.9 Å². The van der Waals surface area contributed by atoms with Crippen LogP contribution in [-0.2, 0) is 5.75 Å². The van der Waals surface area contributed by atoms with Crippen molar-refractivity contribution in [3.05, 3.63) is 70.5 Å². The fourth-order valence-electron chi connectivity index (χ4n) is 2.35. The summed E-state index contributed by atoms with van der Waals surface area (Å²) < 4.78 is 1.69. The molecule has 4 aromatic rings. The molecule has 0 aliphatic rings. The summed E-state index contributed by atoms with van der Waals surface area (Å²) in [5.74, 6) is 1.10. The first kappa shape index (κ1) is 16.3. The van der Waals surface area contributed by atoms with Gasteiger partial charge in [-0.3, -0.25) is 4.98 Å². The Labute approximate surface area is 158 Å². The van der Waals surface area contributed by atoms with Crippen molar-refractivity contribution in [3.63, 3.8) is 0 Å². The number of nitrogens with zero attached hydrogens (tertiary/aromatic N) is 5. The van der Waals surface area contributed by atoms with Crippen molar-refractivity contribution in [2.24, 2.45) is 0 Å². The Hall–Kier alpha value is -2.15. The van der Waals surface area contributed by atoms with Gasteiger partial charge in [0.25, 0.3) is 5.78 Å². The van der Waals surface area contributed by atoms with E-state index in [1.807, 2.05) is 42.5 Å². The first-order valence-electron chi connectivity index (χ1n) is 7.41. The molecule has 0 saturated carbocycles. The summed E-state index contributed by atoms with van der Waals surface area (Å²) in [7, 11) is 0. The van der Waals surface area contributed by atoms with Crippen LogP contribution in [0.25, 0.3) is 17.2 Å². The van der Waals surface area contributed by atoms with Gasteiger partial charge in [-0.05, 0) is 35.9 Å². The Kier molecular flexibility index (Phi) is 4.57. The molecule has 5 nitrogen and oxygen atoms in total. The first-order valence-corrected chi connectivity index (χ1v) is 9.15. The summed E-state index contributed by atoms with van der Waals surface area (Å²) >= 11 is 13.9. The Morgan fingerprint density at radius 3 is 2.52 bits per heavy atom. The molecular formula is C17H11Cl2N5S. The van der Waals surface area contributed by atoms with Gasteiger partial charge in [0.15, 0.2) is 0 Å². The molecule has 0 saturated heterocycles. The van der Waals surface area contributed by atoms with Crippen LogP contribution in [0.3, 0.4) is 0 Å². The highest BCUT2D eigenvalue weighted by Crippen LogP contribution is 2.30. The van der Waals surface area contributed by atoms with E-state index in [0.717, 1.165) is 17.0 Å². The zero-order valence-corrected chi connectivity index (χ0v) is 15.1.